The predicted molar refractivity (Wildman–Crippen MR) is 155 cm³/mol. The molecule has 9 rings (SSSR count). The summed E-state index contributed by atoms with van der Waals surface area (Å²) in [5, 5.41) is 3.20. The highest BCUT2D eigenvalue weighted by Crippen LogP contribution is 2.38. The van der Waals surface area contributed by atoms with E-state index in [1.807, 2.05) is 48.5 Å². The van der Waals surface area contributed by atoms with Gasteiger partial charge in [-0.05, 0) is 36.4 Å². The van der Waals surface area contributed by atoms with E-state index in [9.17, 15) is 0 Å². The molecule has 5 heterocycles. The van der Waals surface area contributed by atoms with Gasteiger partial charge in [0, 0.05) is 27.9 Å². The molecule has 4 aromatic carbocycles. The Balaban J connectivity index is 1.49. The van der Waals surface area contributed by atoms with E-state index in [4.69, 9.17) is 19.4 Å². The van der Waals surface area contributed by atoms with Crippen molar-refractivity contribution >= 4 is 60.6 Å². The molecule has 0 spiro atoms. The molecule has 0 aliphatic carbocycles. The monoisotopic (exact) mass is 501 g/mol. The lowest BCUT2D eigenvalue weighted by atomic mass is 10.1. The number of hydrogen-bond donors (Lipinski definition) is 0. The number of nitrogens with zero attached hydrogens (tertiary/aromatic N) is 5. The Morgan fingerprint density at radius 2 is 1.33 bits per heavy atom. The summed E-state index contributed by atoms with van der Waals surface area (Å²) in [5.41, 5.74) is 8.88. The van der Waals surface area contributed by atoms with Crippen molar-refractivity contribution in [2.45, 2.75) is 0 Å². The van der Waals surface area contributed by atoms with Crippen LogP contribution in [0.1, 0.15) is 0 Å². The Morgan fingerprint density at radius 1 is 0.590 bits per heavy atom. The minimum atomic E-state index is 0.583. The number of furan rings is 1. The van der Waals surface area contributed by atoms with Crippen LogP contribution >= 0.6 is 0 Å². The van der Waals surface area contributed by atoms with E-state index in [1.54, 1.807) is 0 Å². The summed E-state index contributed by atoms with van der Waals surface area (Å²) in [6, 6.07) is 37.0. The summed E-state index contributed by atoms with van der Waals surface area (Å²) in [6.07, 6.45) is 2.10. The topological polar surface area (TPSA) is 61.2 Å². The number of rotatable bonds is 2. The Kier molecular flexibility index (Phi) is 3.96. The minimum Gasteiger partial charge on any atom is -0.452 e. The number of aromatic nitrogens is 5. The molecule has 0 aliphatic heterocycles. The number of hydrogen-bond acceptors (Lipinski definition) is 4. The molecular weight excluding hydrogens is 482 g/mol. The third-order valence-corrected chi connectivity index (χ3v) is 7.57. The van der Waals surface area contributed by atoms with Crippen molar-refractivity contribution in [1.82, 2.24) is 23.9 Å². The van der Waals surface area contributed by atoms with Gasteiger partial charge in [0.1, 0.15) is 22.3 Å². The molecule has 0 radical (unpaired) electrons. The molecule has 0 saturated heterocycles. The van der Waals surface area contributed by atoms with Gasteiger partial charge in [-0.3, -0.25) is 8.97 Å². The van der Waals surface area contributed by atoms with Crippen molar-refractivity contribution in [2.75, 3.05) is 0 Å². The van der Waals surface area contributed by atoms with Crippen LogP contribution in [-0.4, -0.2) is 23.9 Å². The fraction of sp³-hybridized carbons (Fsp3) is 0. The first-order valence-corrected chi connectivity index (χ1v) is 12.9. The third kappa shape index (κ3) is 2.77. The average Bonchev–Trinajstić information content (AvgIpc) is 3.66. The number of benzene rings is 4. The first-order chi connectivity index (χ1) is 19.3. The smallest absolute Gasteiger partial charge is 0.236 e. The quantitative estimate of drug-likeness (QED) is 0.241. The van der Waals surface area contributed by atoms with Crippen LogP contribution in [0.5, 0.6) is 0 Å². The molecule has 0 fully saturated rings. The van der Waals surface area contributed by atoms with Gasteiger partial charge >= 0.3 is 0 Å². The fourth-order valence-electron chi connectivity index (χ4n) is 5.84. The standard InChI is InChI=1S/C33H19N5O/c1-2-10-20(11-3-1)28-31-29(23-13-5-9-17-27(23)39-31)36-33(35-28)38-25-15-7-4-12-21(25)22-18-19-37-26-16-8-6-14-24(26)34-32(37)30(22)38/h1-19H. The maximum absolute atomic E-state index is 6.34. The third-order valence-electron chi connectivity index (χ3n) is 7.57. The van der Waals surface area contributed by atoms with Gasteiger partial charge in [0.15, 0.2) is 11.2 Å². The Bertz CT molecular complexity index is 2400. The van der Waals surface area contributed by atoms with Crippen molar-refractivity contribution in [3.63, 3.8) is 0 Å². The van der Waals surface area contributed by atoms with Crippen LogP contribution in [0.25, 0.3) is 77.8 Å². The summed E-state index contributed by atoms with van der Waals surface area (Å²) < 4.78 is 10.6. The summed E-state index contributed by atoms with van der Waals surface area (Å²) in [4.78, 5) is 15.4. The van der Waals surface area contributed by atoms with E-state index in [0.717, 1.165) is 66.2 Å². The van der Waals surface area contributed by atoms with Gasteiger partial charge in [-0.1, -0.05) is 72.8 Å². The molecule has 6 nitrogen and oxygen atoms in total. The number of para-hydroxylation sites is 4. The zero-order chi connectivity index (χ0) is 25.5. The zero-order valence-electron chi connectivity index (χ0n) is 20.6. The van der Waals surface area contributed by atoms with E-state index in [0.29, 0.717) is 11.5 Å². The fourth-order valence-corrected chi connectivity index (χ4v) is 5.84. The van der Waals surface area contributed by atoms with Crippen molar-refractivity contribution < 1.29 is 4.42 Å². The lowest BCUT2D eigenvalue weighted by Gasteiger charge is -2.09. The van der Waals surface area contributed by atoms with Gasteiger partial charge in [0.05, 0.1) is 16.6 Å². The molecule has 0 aliphatic rings. The molecule has 0 bridgehead atoms. The number of imidazole rings is 1. The maximum atomic E-state index is 6.34. The molecule has 6 heteroatoms. The van der Waals surface area contributed by atoms with Gasteiger partial charge in [-0.2, -0.15) is 0 Å². The number of pyridine rings is 1. The van der Waals surface area contributed by atoms with Crippen molar-refractivity contribution in [2.24, 2.45) is 0 Å². The van der Waals surface area contributed by atoms with E-state index in [1.165, 1.54) is 0 Å². The van der Waals surface area contributed by atoms with Crippen molar-refractivity contribution in [3.8, 4) is 17.2 Å². The highest BCUT2D eigenvalue weighted by atomic mass is 16.3. The summed E-state index contributed by atoms with van der Waals surface area (Å²) in [5.74, 6) is 0.583. The van der Waals surface area contributed by atoms with Crippen molar-refractivity contribution in [3.05, 3.63) is 115 Å². The first-order valence-electron chi connectivity index (χ1n) is 12.9. The van der Waals surface area contributed by atoms with Crippen molar-refractivity contribution in [1.29, 1.82) is 0 Å². The molecule has 0 unspecified atom stereocenters. The highest BCUT2D eigenvalue weighted by molar-refractivity contribution is 6.14. The maximum Gasteiger partial charge on any atom is 0.236 e. The van der Waals surface area contributed by atoms with E-state index < -0.39 is 0 Å². The largest absolute Gasteiger partial charge is 0.452 e. The second-order valence-electron chi connectivity index (χ2n) is 9.74. The lowest BCUT2D eigenvalue weighted by Crippen LogP contribution is -2.03. The first kappa shape index (κ1) is 20.6. The van der Waals surface area contributed by atoms with Crippen LogP contribution in [-0.2, 0) is 0 Å². The summed E-state index contributed by atoms with van der Waals surface area (Å²) in [6.45, 7) is 0. The normalized spacial score (nSPS) is 12.1. The van der Waals surface area contributed by atoms with Crippen LogP contribution in [0.3, 0.4) is 0 Å². The molecule has 0 atom stereocenters. The van der Waals surface area contributed by atoms with Crippen LogP contribution < -0.4 is 0 Å². The van der Waals surface area contributed by atoms with Gasteiger partial charge in [-0.15, -0.1) is 0 Å². The highest BCUT2D eigenvalue weighted by Gasteiger charge is 2.22. The Labute approximate surface area is 221 Å². The molecule has 0 saturated carbocycles. The second-order valence-corrected chi connectivity index (χ2v) is 9.74. The van der Waals surface area contributed by atoms with E-state index in [2.05, 4.69) is 75.8 Å². The van der Waals surface area contributed by atoms with Crippen LogP contribution in [0, 0.1) is 0 Å². The summed E-state index contributed by atoms with van der Waals surface area (Å²) in [7, 11) is 0. The minimum absolute atomic E-state index is 0.583. The molecule has 39 heavy (non-hydrogen) atoms. The zero-order valence-corrected chi connectivity index (χ0v) is 20.6. The van der Waals surface area contributed by atoms with E-state index in [-0.39, 0.29) is 0 Å². The lowest BCUT2D eigenvalue weighted by molar-refractivity contribution is 0.666. The predicted octanol–water partition coefficient (Wildman–Crippen LogP) is 7.94. The Morgan fingerprint density at radius 3 is 2.23 bits per heavy atom. The molecule has 0 N–H and O–H groups in total. The van der Waals surface area contributed by atoms with Crippen LogP contribution in [0.2, 0.25) is 0 Å². The molecule has 5 aromatic heterocycles. The molecular formula is C33H19N5O. The molecule has 182 valence electrons. The molecule has 9 aromatic rings. The van der Waals surface area contributed by atoms with Gasteiger partial charge in [0.2, 0.25) is 5.95 Å². The molecule has 0 amide bonds. The average molecular weight is 502 g/mol. The number of fused-ring (bicyclic) bond motifs is 10. The Hall–Kier alpha value is -5.49. The van der Waals surface area contributed by atoms with Crippen LogP contribution in [0.15, 0.2) is 120 Å². The van der Waals surface area contributed by atoms with Gasteiger partial charge < -0.3 is 4.42 Å². The second kappa shape index (κ2) is 7.52. The summed E-state index contributed by atoms with van der Waals surface area (Å²) >= 11 is 0. The van der Waals surface area contributed by atoms with Gasteiger partial charge in [0.25, 0.3) is 0 Å². The van der Waals surface area contributed by atoms with Gasteiger partial charge in [-0.25, -0.2) is 15.0 Å². The SMILES string of the molecule is c1ccc(-c2nc(-n3c4ccccc4c4ccn5c6ccccc6nc5c43)nc3c2oc2ccccc23)cc1. The van der Waals surface area contributed by atoms with E-state index >= 15 is 0 Å². The van der Waals surface area contributed by atoms with Crippen LogP contribution in [0.4, 0.5) is 0 Å².